The molecule has 0 saturated heterocycles. The van der Waals surface area contributed by atoms with E-state index in [0.29, 0.717) is 5.56 Å². The molecule has 24 heavy (non-hydrogen) atoms. The van der Waals surface area contributed by atoms with Crippen LogP contribution in [0.4, 0.5) is 13.2 Å². The largest absolute Gasteiger partial charge is 0.416 e. The van der Waals surface area contributed by atoms with E-state index < -0.39 is 29.5 Å². The highest BCUT2D eigenvalue weighted by molar-refractivity contribution is 6.42. The van der Waals surface area contributed by atoms with E-state index in [1.54, 1.807) is 31.2 Å². The van der Waals surface area contributed by atoms with Gasteiger partial charge in [0, 0.05) is 5.56 Å². The maximum Gasteiger partial charge on any atom is 0.416 e. The second-order valence-electron chi connectivity index (χ2n) is 5.51. The van der Waals surface area contributed by atoms with Crippen LogP contribution in [0.25, 0.3) is 0 Å². The molecule has 0 aromatic heterocycles. The average Bonchev–Trinajstić information content (AvgIpc) is 2.54. The van der Waals surface area contributed by atoms with Crippen molar-refractivity contribution in [3.05, 3.63) is 70.8 Å². The minimum absolute atomic E-state index is 0.262. The molecule has 0 aliphatic carbocycles. The Morgan fingerprint density at radius 1 is 0.958 bits per heavy atom. The first-order valence-corrected chi connectivity index (χ1v) is 7.27. The molecule has 0 saturated carbocycles. The molecule has 6 heteroatoms. The lowest BCUT2D eigenvalue weighted by Crippen LogP contribution is -2.33. The van der Waals surface area contributed by atoms with E-state index >= 15 is 0 Å². The molecule has 3 nitrogen and oxygen atoms in total. The second-order valence-corrected chi connectivity index (χ2v) is 5.51. The standard InChI is InChI=1S/C18H16F3NO2/c1-11-3-5-14(6-4-11)16(23)17(24)22-12(2)13-7-9-15(10-8-13)18(19,20)21/h3-10,12H,1-2H3,(H,22,24)/t12-/m1/s1. The zero-order valence-corrected chi connectivity index (χ0v) is 13.1. The summed E-state index contributed by atoms with van der Waals surface area (Å²) in [6, 6.07) is 10.4. The summed E-state index contributed by atoms with van der Waals surface area (Å²) in [7, 11) is 0. The highest BCUT2D eigenvalue weighted by Crippen LogP contribution is 2.29. The first-order valence-electron chi connectivity index (χ1n) is 7.27. The Morgan fingerprint density at radius 3 is 2.00 bits per heavy atom. The summed E-state index contributed by atoms with van der Waals surface area (Å²) in [6.07, 6.45) is -4.41. The molecule has 0 spiro atoms. The summed E-state index contributed by atoms with van der Waals surface area (Å²) in [5.41, 5.74) is 0.941. The molecule has 126 valence electrons. The number of amides is 1. The summed E-state index contributed by atoms with van der Waals surface area (Å²) in [5.74, 6) is -1.49. The molecule has 0 aliphatic heterocycles. The fourth-order valence-corrected chi connectivity index (χ4v) is 2.14. The molecule has 1 amide bonds. The van der Waals surface area contributed by atoms with Crippen molar-refractivity contribution < 1.29 is 22.8 Å². The van der Waals surface area contributed by atoms with E-state index in [1.807, 2.05) is 6.92 Å². The zero-order valence-electron chi connectivity index (χ0n) is 13.1. The molecule has 2 aromatic carbocycles. The summed E-state index contributed by atoms with van der Waals surface area (Å²) >= 11 is 0. The Labute approximate surface area is 137 Å². The molecule has 0 heterocycles. The number of alkyl halides is 3. The number of ketones is 1. The van der Waals surface area contributed by atoms with E-state index in [-0.39, 0.29) is 5.56 Å². The van der Waals surface area contributed by atoms with E-state index in [2.05, 4.69) is 5.32 Å². The smallest absolute Gasteiger partial charge is 0.343 e. The maximum absolute atomic E-state index is 12.5. The van der Waals surface area contributed by atoms with Crippen LogP contribution in [0.3, 0.4) is 0 Å². The maximum atomic E-state index is 12.5. The predicted molar refractivity (Wildman–Crippen MR) is 83.5 cm³/mol. The zero-order chi connectivity index (χ0) is 17.9. The Hall–Kier alpha value is -2.63. The topological polar surface area (TPSA) is 46.2 Å². The molecular weight excluding hydrogens is 319 g/mol. The SMILES string of the molecule is Cc1ccc(C(=O)C(=O)N[C@H](C)c2ccc(C(F)(F)F)cc2)cc1. The highest BCUT2D eigenvalue weighted by atomic mass is 19.4. The van der Waals surface area contributed by atoms with Crippen molar-refractivity contribution in [1.82, 2.24) is 5.32 Å². The number of nitrogens with one attached hydrogen (secondary N) is 1. The van der Waals surface area contributed by atoms with Crippen LogP contribution in [0.2, 0.25) is 0 Å². The number of carbonyl (C=O) groups excluding carboxylic acids is 2. The van der Waals surface area contributed by atoms with Gasteiger partial charge in [-0.3, -0.25) is 9.59 Å². The van der Waals surface area contributed by atoms with Crippen LogP contribution in [-0.2, 0) is 11.0 Å². The molecule has 2 rings (SSSR count). The normalized spacial score (nSPS) is 12.5. The van der Waals surface area contributed by atoms with Crippen molar-refractivity contribution in [2.24, 2.45) is 0 Å². The van der Waals surface area contributed by atoms with Crippen molar-refractivity contribution in [3.63, 3.8) is 0 Å². The van der Waals surface area contributed by atoms with Gasteiger partial charge in [-0.25, -0.2) is 0 Å². The van der Waals surface area contributed by atoms with Gasteiger partial charge in [-0.05, 0) is 31.5 Å². The van der Waals surface area contributed by atoms with Gasteiger partial charge in [0.05, 0.1) is 11.6 Å². The Morgan fingerprint density at radius 2 is 1.50 bits per heavy atom. The van der Waals surface area contributed by atoms with Gasteiger partial charge in [0.25, 0.3) is 5.91 Å². The van der Waals surface area contributed by atoms with Crippen molar-refractivity contribution in [3.8, 4) is 0 Å². The Bertz CT molecular complexity index is 734. The summed E-state index contributed by atoms with van der Waals surface area (Å²) in [4.78, 5) is 24.0. The number of halogens is 3. The third-order valence-corrected chi connectivity index (χ3v) is 3.61. The van der Waals surface area contributed by atoms with Crippen LogP contribution >= 0.6 is 0 Å². The lowest BCUT2D eigenvalue weighted by Gasteiger charge is -2.15. The van der Waals surface area contributed by atoms with Crippen LogP contribution in [0.15, 0.2) is 48.5 Å². The van der Waals surface area contributed by atoms with Crippen LogP contribution in [0, 0.1) is 6.92 Å². The predicted octanol–water partition coefficient (Wildman–Crippen LogP) is 4.07. The number of Topliss-reactive ketones (excluding diaryl/α,β-unsaturated/α-hetero) is 1. The van der Waals surface area contributed by atoms with E-state index in [9.17, 15) is 22.8 Å². The van der Waals surface area contributed by atoms with Gasteiger partial charge in [0.2, 0.25) is 5.78 Å². The number of aryl methyl sites for hydroxylation is 1. The molecular formula is C18H16F3NO2. The number of benzene rings is 2. The third kappa shape index (κ3) is 4.22. The molecule has 0 fully saturated rings. The lowest BCUT2D eigenvalue weighted by molar-refractivity contribution is -0.137. The average molecular weight is 335 g/mol. The van der Waals surface area contributed by atoms with Crippen molar-refractivity contribution >= 4 is 11.7 Å². The summed E-state index contributed by atoms with van der Waals surface area (Å²) in [5, 5.41) is 2.50. The number of carbonyl (C=O) groups is 2. The summed E-state index contributed by atoms with van der Waals surface area (Å²) in [6.45, 7) is 3.46. The Balaban J connectivity index is 2.05. The first kappa shape index (κ1) is 17.7. The highest BCUT2D eigenvalue weighted by Gasteiger charge is 2.30. The minimum atomic E-state index is -4.41. The van der Waals surface area contributed by atoms with Gasteiger partial charge in [0.1, 0.15) is 0 Å². The third-order valence-electron chi connectivity index (χ3n) is 3.61. The van der Waals surface area contributed by atoms with Crippen molar-refractivity contribution in [2.45, 2.75) is 26.1 Å². The van der Waals surface area contributed by atoms with Gasteiger partial charge < -0.3 is 5.32 Å². The quantitative estimate of drug-likeness (QED) is 0.676. The van der Waals surface area contributed by atoms with E-state index in [0.717, 1.165) is 17.7 Å². The second kappa shape index (κ2) is 6.86. The van der Waals surface area contributed by atoms with Crippen LogP contribution in [-0.4, -0.2) is 11.7 Å². The lowest BCUT2D eigenvalue weighted by atomic mass is 10.0. The van der Waals surface area contributed by atoms with Crippen LogP contribution < -0.4 is 5.32 Å². The van der Waals surface area contributed by atoms with Gasteiger partial charge in [-0.2, -0.15) is 13.2 Å². The summed E-state index contributed by atoms with van der Waals surface area (Å²) < 4.78 is 37.6. The van der Waals surface area contributed by atoms with Gasteiger partial charge in [0.15, 0.2) is 0 Å². The van der Waals surface area contributed by atoms with Gasteiger partial charge in [-0.1, -0.05) is 42.0 Å². The van der Waals surface area contributed by atoms with E-state index in [1.165, 1.54) is 12.1 Å². The number of hydrogen-bond acceptors (Lipinski definition) is 2. The van der Waals surface area contributed by atoms with Crippen LogP contribution in [0.1, 0.15) is 40.0 Å². The van der Waals surface area contributed by atoms with E-state index in [4.69, 9.17) is 0 Å². The molecule has 1 atom stereocenters. The van der Waals surface area contributed by atoms with Gasteiger partial charge >= 0.3 is 6.18 Å². The first-order chi connectivity index (χ1) is 11.2. The Kier molecular flexibility index (Phi) is 5.07. The fraction of sp³-hybridized carbons (Fsp3) is 0.222. The molecule has 0 bridgehead atoms. The van der Waals surface area contributed by atoms with Crippen molar-refractivity contribution in [1.29, 1.82) is 0 Å². The van der Waals surface area contributed by atoms with Crippen molar-refractivity contribution in [2.75, 3.05) is 0 Å². The number of hydrogen-bond donors (Lipinski definition) is 1. The number of rotatable bonds is 4. The van der Waals surface area contributed by atoms with Gasteiger partial charge in [-0.15, -0.1) is 0 Å². The molecule has 2 aromatic rings. The fourth-order valence-electron chi connectivity index (χ4n) is 2.14. The molecule has 0 aliphatic rings. The molecule has 1 N–H and O–H groups in total. The molecule has 0 radical (unpaired) electrons. The van der Waals surface area contributed by atoms with Crippen LogP contribution in [0.5, 0.6) is 0 Å². The monoisotopic (exact) mass is 335 g/mol. The minimum Gasteiger partial charge on any atom is -0.343 e. The molecule has 0 unspecified atom stereocenters.